The third-order valence-electron chi connectivity index (χ3n) is 5.81. The molecular formula is C25H24N4O2S. The summed E-state index contributed by atoms with van der Waals surface area (Å²) in [4.78, 5) is 32.4. The molecule has 1 amide bonds. The number of thiophene rings is 1. The van der Waals surface area contributed by atoms with E-state index in [-0.39, 0.29) is 17.9 Å². The molecule has 1 aliphatic heterocycles. The molecule has 0 fully saturated rings. The minimum absolute atomic E-state index is 0.106. The summed E-state index contributed by atoms with van der Waals surface area (Å²) in [6, 6.07) is 10.6. The molecule has 0 unspecified atom stereocenters. The Hall–Kier alpha value is -3.50. The van der Waals surface area contributed by atoms with Gasteiger partial charge in [0.15, 0.2) is 0 Å². The van der Waals surface area contributed by atoms with Crippen molar-refractivity contribution in [3.63, 3.8) is 0 Å². The van der Waals surface area contributed by atoms with Gasteiger partial charge >= 0.3 is 0 Å². The lowest BCUT2D eigenvalue weighted by molar-refractivity contribution is -0.121. The molecule has 32 heavy (non-hydrogen) atoms. The molecule has 7 heteroatoms. The van der Waals surface area contributed by atoms with E-state index in [0.717, 1.165) is 38.4 Å². The fraction of sp³-hybridized carbons (Fsp3) is 0.280. The number of aromatic nitrogens is 1. The van der Waals surface area contributed by atoms with Gasteiger partial charge in [-0.3, -0.25) is 14.6 Å². The Kier molecular flexibility index (Phi) is 5.81. The van der Waals surface area contributed by atoms with Crippen molar-refractivity contribution >= 4 is 23.0 Å². The molecule has 2 aromatic heterocycles. The topological polar surface area (TPSA) is 87.2 Å². The molecule has 0 saturated carbocycles. The summed E-state index contributed by atoms with van der Waals surface area (Å²) < 4.78 is 1.57. The van der Waals surface area contributed by atoms with Crippen molar-refractivity contribution < 1.29 is 4.79 Å². The first-order valence-electron chi connectivity index (χ1n) is 10.5. The van der Waals surface area contributed by atoms with Gasteiger partial charge in [-0.15, -0.1) is 11.3 Å². The van der Waals surface area contributed by atoms with E-state index in [4.69, 9.17) is 4.99 Å². The lowest BCUT2D eigenvalue weighted by atomic mass is 9.95. The second-order valence-electron chi connectivity index (χ2n) is 7.92. The van der Waals surface area contributed by atoms with Crippen molar-refractivity contribution in [3.05, 3.63) is 79.6 Å². The van der Waals surface area contributed by atoms with Crippen LogP contribution in [0.4, 0.5) is 0 Å². The van der Waals surface area contributed by atoms with Crippen molar-refractivity contribution in [1.29, 1.82) is 5.26 Å². The van der Waals surface area contributed by atoms with E-state index in [1.54, 1.807) is 41.2 Å². The Labute approximate surface area is 190 Å². The molecule has 0 spiro atoms. The van der Waals surface area contributed by atoms with Crippen molar-refractivity contribution in [2.75, 3.05) is 6.54 Å². The predicted molar refractivity (Wildman–Crippen MR) is 127 cm³/mol. The normalized spacial score (nSPS) is 14.6. The number of nitrogens with zero attached hydrogens (tertiary/aromatic N) is 3. The highest BCUT2D eigenvalue weighted by molar-refractivity contribution is 7.16. The van der Waals surface area contributed by atoms with Gasteiger partial charge in [-0.2, -0.15) is 5.26 Å². The second-order valence-corrected chi connectivity index (χ2v) is 9.14. The number of hydrogen-bond donors (Lipinski definition) is 1. The fourth-order valence-electron chi connectivity index (χ4n) is 4.02. The summed E-state index contributed by atoms with van der Waals surface area (Å²) >= 11 is 1.68. The van der Waals surface area contributed by atoms with Crippen LogP contribution in [0.25, 0.3) is 10.4 Å². The smallest absolute Gasteiger partial charge is 0.250 e. The number of fused-ring (bicyclic) bond motifs is 3. The summed E-state index contributed by atoms with van der Waals surface area (Å²) in [7, 11) is 1.74. The fourth-order valence-corrected chi connectivity index (χ4v) is 5.22. The van der Waals surface area contributed by atoms with Gasteiger partial charge in [-0.1, -0.05) is 12.1 Å². The minimum Gasteiger partial charge on any atom is -0.356 e. The molecule has 1 aliphatic rings. The number of rotatable bonds is 4. The van der Waals surface area contributed by atoms with E-state index in [0.29, 0.717) is 12.1 Å². The molecule has 3 heterocycles. The predicted octanol–water partition coefficient (Wildman–Crippen LogP) is 4.02. The molecule has 0 radical (unpaired) electrons. The van der Waals surface area contributed by atoms with Crippen molar-refractivity contribution in [1.82, 2.24) is 9.88 Å². The third-order valence-corrected chi connectivity index (χ3v) is 7.05. The Morgan fingerprint density at radius 3 is 2.66 bits per heavy atom. The molecule has 4 rings (SSSR count). The second kappa shape index (κ2) is 8.56. The van der Waals surface area contributed by atoms with Gasteiger partial charge in [-0.05, 0) is 44.0 Å². The van der Waals surface area contributed by atoms with Crippen LogP contribution in [-0.4, -0.2) is 22.7 Å². The van der Waals surface area contributed by atoms with Gasteiger partial charge in [0, 0.05) is 52.3 Å². The van der Waals surface area contributed by atoms with E-state index in [9.17, 15) is 14.9 Å². The molecule has 6 nitrogen and oxygen atoms in total. The number of benzene rings is 1. The van der Waals surface area contributed by atoms with Gasteiger partial charge in [0.05, 0.1) is 29.8 Å². The number of carbonyl (C=O) groups is 1. The molecule has 0 saturated heterocycles. The molecule has 1 aromatic carbocycles. The van der Waals surface area contributed by atoms with Gasteiger partial charge < -0.3 is 9.88 Å². The van der Waals surface area contributed by atoms with Crippen molar-refractivity contribution in [2.24, 2.45) is 12.0 Å². The van der Waals surface area contributed by atoms with Crippen LogP contribution in [0.5, 0.6) is 0 Å². The number of amides is 1. The summed E-state index contributed by atoms with van der Waals surface area (Å²) in [6.45, 7) is 6.57. The summed E-state index contributed by atoms with van der Waals surface area (Å²) in [5.74, 6) is -0.106. The number of aryl methyl sites for hydroxylation is 2. The van der Waals surface area contributed by atoms with Crippen LogP contribution < -0.4 is 10.9 Å². The SMILES string of the molecule is CCNC(=O)C[C@@H]1N=C(c2ccc(C#N)cc2)c2c(sc(C)c2C)-c2cn(C)c(=O)cc21. The average Bonchev–Trinajstić information content (AvgIpc) is 3.00. The zero-order valence-corrected chi connectivity index (χ0v) is 19.3. The Balaban J connectivity index is 2.01. The zero-order chi connectivity index (χ0) is 23.0. The number of nitriles is 1. The summed E-state index contributed by atoms with van der Waals surface area (Å²) in [6.07, 6.45) is 2.01. The quantitative estimate of drug-likeness (QED) is 0.659. The van der Waals surface area contributed by atoms with Crippen LogP contribution in [0.2, 0.25) is 0 Å². The Morgan fingerprint density at radius 2 is 2.00 bits per heavy atom. The van der Waals surface area contributed by atoms with E-state index >= 15 is 0 Å². The first-order chi connectivity index (χ1) is 15.3. The van der Waals surface area contributed by atoms with Crippen LogP contribution >= 0.6 is 11.3 Å². The summed E-state index contributed by atoms with van der Waals surface area (Å²) in [5.41, 5.74) is 5.97. The molecule has 1 N–H and O–H groups in total. The lowest BCUT2D eigenvalue weighted by Gasteiger charge is -2.16. The third kappa shape index (κ3) is 3.78. The number of aliphatic imine (C=N–C) groups is 1. The Bertz CT molecular complexity index is 1340. The highest BCUT2D eigenvalue weighted by Gasteiger charge is 2.30. The monoisotopic (exact) mass is 444 g/mol. The van der Waals surface area contributed by atoms with E-state index in [2.05, 4.69) is 25.2 Å². The standard InChI is InChI=1S/C25H24N4O2S/c1-5-27-21(30)11-20-18-10-22(31)29(4)13-19(18)25-23(14(2)15(3)32-25)24(28-20)17-8-6-16(12-26)7-9-17/h6-10,13,20H,5,11H2,1-4H3,(H,27,30)/t20-/m0/s1. The maximum absolute atomic E-state index is 12.6. The number of carbonyl (C=O) groups excluding carboxylic acids is 1. The van der Waals surface area contributed by atoms with Crippen LogP contribution in [0.1, 0.15) is 52.1 Å². The van der Waals surface area contributed by atoms with Crippen LogP contribution in [-0.2, 0) is 11.8 Å². The first kappa shape index (κ1) is 21.7. The largest absolute Gasteiger partial charge is 0.356 e. The minimum atomic E-state index is -0.490. The molecule has 0 bridgehead atoms. The maximum Gasteiger partial charge on any atom is 0.250 e. The van der Waals surface area contributed by atoms with E-state index in [1.165, 1.54) is 4.88 Å². The van der Waals surface area contributed by atoms with E-state index in [1.807, 2.05) is 25.3 Å². The first-order valence-corrected chi connectivity index (χ1v) is 11.3. The number of pyridine rings is 1. The van der Waals surface area contributed by atoms with Crippen molar-refractivity contribution in [2.45, 2.75) is 33.2 Å². The molecular weight excluding hydrogens is 420 g/mol. The van der Waals surface area contributed by atoms with Gasteiger partial charge in [0.2, 0.25) is 5.91 Å². The average molecular weight is 445 g/mol. The molecule has 0 aliphatic carbocycles. The van der Waals surface area contributed by atoms with Crippen molar-refractivity contribution in [3.8, 4) is 16.5 Å². The lowest BCUT2D eigenvalue weighted by Crippen LogP contribution is -2.25. The number of hydrogen-bond acceptors (Lipinski definition) is 5. The van der Waals surface area contributed by atoms with Crippen LogP contribution in [0.3, 0.4) is 0 Å². The molecule has 1 atom stereocenters. The van der Waals surface area contributed by atoms with E-state index < -0.39 is 6.04 Å². The zero-order valence-electron chi connectivity index (χ0n) is 18.5. The highest BCUT2D eigenvalue weighted by atomic mass is 32.1. The van der Waals surface area contributed by atoms with Gasteiger partial charge in [-0.25, -0.2) is 0 Å². The summed E-state index contributed by atoms with van der Waals surface area (Å²) in [5, 5.41) is 12.0. The van der Waals surface area contributed by atoms with Gasteiger partial charge in [0.1, 0.15) is 0 Å². The molecule has 162 valence electrons. The highest BCUT2D eigenvalue weighted by Crippen LogP contribution is 2.44. The van der Waals surface area contributed by atoms with Crippen LogP contribution in [0.15, 0.2) is 46.3 Å². The van der Waals surface area contributed by atoms with Gasteiger partial charge in [0.25, 0.3) is 5.56 Å². The maximum atomic E-state index is 12.6. The number of nitrogens with one attached hydrogen (secondary N) is 1. The molecule has 3 aromatic rings. The Morgan fingerprint density at radius 1 is 1.28 bits per heavy atom. The van der Waals surface area contributed by atoms with Crippen LogP contribution in [0, 0.1) is 25.2 Å².